The minimum Gasteiger partial charge on any atom is -0.484 e. The van der Waals surface area contributed by atoms with Gasteiger partial charge in [0.15, 0.2) is 12.4 Å². The first-order chi connectivity index (χ1) is 12.6. The Morgan fingerprint density at radius 1 is 1.12 bits per heavy atom. The van der Waals surface area contributed by atoms with E-state index in [1.54, 1.807) is 35.1 Å². The molecule has 132 valence electrons. The summed E-state index contributed by atoms with van der Waals surface area (Å²) < 4.78 is 7.19. The fourth-order valence-electron chi connectivity index (χ4n) is 2.38. The standard InChI is InChI=1S/C20H19N3O3/c1-15(24)17-6-5-9-19(10-17)26-14-20(25)21-11-16-12-22-23(13-16)18-7-3-2-4-8-18/h2-10,12-13H,11,14H2,1H3,(H,21,25). The number of carbonyl (C=O) groups is 2. The van der Waals surface area contributed by atoms with Gasteiger partial charge in [-0.2, -0.15) is 5.10 Å². The second-order valence-corrected chi connectivity index (χ2v) is 5.78. The van der Waals surface area contributed by atoms with Crippen molar-refractivity contribution in [2.75, 3.05) is 6.61 Å². The Morgan fingerprint density at radius 3 is 2.69 bits per heavy atom. The number of carbonyl (C=O) groups excluding carboxylic acids is 2. The summed E-state index contributed by atoms with van der Waals surface area (Å²) in [5, 5.41) is 7.07. The molecule has 6 heteroatoms. The summed E-state index contributed by atoms with van der Waals surface area (Å²) in [6.07, 6.45) is 3.58. The highest BCUT2D eigenvalue weighted by molar-refractivity contribution is 5.94. The highest BCUT2D eigenvalue weighted by Crippen LogP contribution is 2.13. The monoisotopic (exact) mass is 349 g/mol. The number of nitrogens with zero attached hydrogens (tertiary/aromatic N) is 2. The Balaban J connectivity index is 1.49. The highest BCUT2D eigenvalue weighted by Gasteiger charge is 2.06. The summed E-state index contributed by atoms with van der Waals surface area (Å²) in [5.41, 5.74) is 2.40. The smallest absolute Gasteiger partial charge is 0.258 e. The van der Waals surface area contributed by atoms with Gasteiger partial charge in [-0.05, 0) is 31.2 Å². The van der Waals surface area contributed by atoms with Crippen LogP contribution in [-0.2, 0) is 11.3 Å². The molecular weight excluding hydrogens is 330 g/mol. The predicted molar refractivity (Wildman–Crippen MR) is 97.4 cm³/mol. The van der Waals surface area contributed by atoms with E-state index < -0.39 is 0 Å². The Hall–Kier alpha value is -3.41. The van der Waals surface area contributed by atoms with E-state index in [1.807, 2.05) is 36.5 Å². The molecule has 0 spiro atoms. The number of benzene rings is 2. The Bertz CT molecular complexity index is 903. The molecule has 1 N–H and O–H groups in total. The molecule has 3 aromatic rings. The first kappa shape index (κ1) is 17.4. The second kappa shape index (κ2) is 8.11. The Labute approximate surface area is 151 Å². The van der Waals surface area contributed by atoms with Gasteiger partial charge in [0.1, 0.15) is 5.75 Å². The fourth-order valence-corrected chi connectivity index (χ4v) is 2.38. The lowest BCUT2D eigenvalue weighted by molar-refractivity contribution is -0.123. The van der Waals surface area contributed by atoms with E-state index in [0.29, 0.717) is 17.9 Å². The van der Waals surface area contributed by atoms with Crippen molar-refractivity contribution >= 4 is 11.7 Å². The van der Waals surface area contributed by atoms with Crippen molar-refractivity contribution in [1.29, 1.82) is 0 Å². The minimum absolute atomic E-state index is 0.0460. The lowest BCUT2D eigenvalue weighted by Crippen LogP contribution is -2.28. The van der Waals surface area contributed by atoms with E-state index >= 15 is 0 Å². The van der Waals surface area contributed by atoms with Crippen LogP contribution in [0.1, 0.15) is 22.8 Å². The van der Waals surface area contributed by atoms with Gasteiger partial charge in [-0.1, -0.05) is 30.3 Å². The molecule has 0 aliphatic heterocycles. The number of hydrogen-bond donors (Lipinski definition) is 1. The van der Waals surface area contributed by atoms with Crippen LogP contribution < -0.4 is 10.1 Å². The van der Waals surface area contributed by atoms with E-state index in [4.69, 9.17) is 4.74 Å². The number of para-hydroxylation sites is 1. The van der Waals surface area contributed by atoms with Gasteiger partial charge in [0.2, 0.25) is 0 Å². The molecule has 0 fully saturated rings. The van der Waals surface area contributed by atoms with E-state index in [-0.39, 0.29) is 18.3 Å². The van der Waals surface area contributed by atoms with Gasteiger partial charge in [-0.25, -0.2) is 4.68 Å². The first-order valence-corrected chi connectivity index (χ1v) is 8.21. The summed E-state index contributed by atoms with van der Waals surface area (Å²) in [6.45, 7) is 1.73. The zero-order chi connectivity index (χ0) is 18.4. The Kier molecular flexibility index (Phi) is 5.43. The van der Waals surface area contributed by atoms with Crippen LogP contribution in [0.5, 0.6) is 5.75 Å². The van der Waals surface area contributed by atoms with E-state index in [2.05, 4.69) is 10.4 Å². The highest BCUT2D eigenvalue weighted by atomic mass is 16.5. The van der Waals surface area contributed by atoms with Crippen LogP contribution in [-0.4, -0.2) is 28.1 Å². The van der Waals surface area contributed by atoms with Crippen LogP contribution in [0.15, 0.2) is 67.0 Å². The zero-order valence-electron chi connectivity index (χ0n) is 14.4. The van der Waals surface area contributed by atoms with Gasteiger partial charge in [-0.15, -0.1) is 0 Å². The number of aromatic nitrogens is 2. The van der Waals surface area contributed by atoms with Gasteiger partial charge in [0.05, 0.1) is 11.9 Å². The third-order valence-electron chi connectivity index (χ3n) is 3.76. The minimum atomic E-state index is -0.245. The zero-order valence-corrected chi connectivity index (χ0v) is 14.4. The second-order valence-electron chi connectivity index (χ2n) is 5.78. The van der Waals surface area contributed by atoms with E-state index in [1.165, 1.54) is 6.92 Å². The number of rotatable bonds is 7. The van der Waals surface area contributed by atoms with Gasteiger partial charge >= 0.3 is 0 Å². The average molecular weight is 349 g/mol. The SMILES string of the molecule is CC(=O)c1cccc(OCC(=O)NCc2cnn(-c3ccccc3)c2)c1. The molecule has 0 aliphatic rings. The molecule has 1 aromatic heterocycles. The third kappa shape index (κ3) is 4.57. The van der Waals surface area contributed by atoms with Crippen molar-refractivity contribution < 1.29 is 14.3 Å². The third-order valence-corrected chi connectivity index (χ3v) is 3.76. The van der Waals surface area contributed by atoms with Crippen molar-refractivity contribution in [2.24, 2.45) is 0 Å². The maximum absolute atomic E-state index is 12.0. The largest absolute Gasteiger partial charge is 0.484 e. The van der Waals surface area contributed by atoms with Gasteiger partial charge in [0.25, 0.3) is 5.91 Å². The first-order valence-electron chi connectivity index (χ1n) is 8.21. The summed E-state index contributed by atoms with van der Waals surface area (Å²) in [5.74, 6) is 0.200. The lowest BCUT2D eigenvalue weighted by atomic mass is 10.1. The molecule has 0 radical (unpaired) electrons. The molecule has 1 amide bonds. The average Bonchev–Trinajstić information content (AvgIpc) is 3.15. The number of ether oxygens (including phenoxy) is 1. The molecule has 6 nitrogen and oxygen atoms in total. The topological polar surface area (TPSA) is 73.2 Å². The van der Waals surface area contributed by atoms with Crippen LogP contribution in [0, 0.1) is 0 Å². The maximum Gasteiger partial charge on any atom is 0.258 e. The molecule has 0 unspecified atom stereocenters. The molecule has 0 aliphatic carbocycles. The van der Waals surface area contributed by atoms with Gasteiger partial charge in [0, 0.05) is 23.9 Å². The van der Waals surface area contributed by atoms with Crippen molar-refractivity contribution in [3.63, 3.8) is 0 Å². The van der Waals surface area contributed by atoms with Crippen molar-refractivity contribution in [3.8, 4) is 11.4 Å². The lowest BCUT2D eigenvalue weighted by Gasteiger charge is -2.07. The normalized spacial score (nSPS) is 10.3. The number of ketones is 1. The summed E-state index contributed by atoms with van der Waals surface area (Å²) in [4.78, 5) is 23.3. The number of nitrogens with one attached hydrogen (secondary N) is 1. The molecule has 2 aromatic carbocycles. The molecule has 0 bridgehead atoms. The Morgan fingerprint density at radius 2 is 1.92 bits per heavy atom. The molecular formula is C20H19N3O3. The van der Waals surface area contributed by atoms with Crippen LogP contribution >= 0.6 is 0 Å². The molecule has 26 heavy (non-hydrogen) atoms. The number of hydrogen-bond acceptors (Lipinski definition) is 4. The number of Topliss-reactive ketones (excluding diaryl/α,β-unsaturated/α-hetero) is 1. The summed E-state index contributed by atoms with van der Waals surface area (Å²) in [7, 11) is 0. The van der Waals surface area contributed by atoms with Crippen LogP contribution in [0.25, 0.3) is 5.69 Å². The summed E-state index contributed by atoms with van der Waals surface area (Å²) in [6, 6.07) is 16.5. The maximum atomic E-state index is 12.0. The van der Waals surface area contributed by atoms with Crippen molar-refractivity contribution in [3.05, 3.63) is 78.1 Å². The number of amides is 1. The van der Waals surface area contributed by atoms with Crippen molar-refractivity contribution in [2.45, 2.75) is 13.5 Å². The molecule has 0 saturated heterocycles. The van der Waals surface area contributed by atoms with Crippen LogP contribution in [0.4, 0.5) is 0 Å². The van der Waals surface area contributed by atoms with E-state index in [0.717, 1.165) is 11.3 Å². The van der Waals surface area contributed by atoms with Crippen LogP contribution in [0.3, 0.4) is 0 Å². The molecule has 3 rings (SSSR count). The molecule has 1 heterocycles. The van der Waals surface area contributed by atoms with Gasteiger partial charge < -0.3 is 10.1 Å². The predicted octanol–water partition coefficient (Wildman–Crippen LogP) is 2.77. The summed E-state index contributed by atoms with van der Waals surface area (Å²) >= 11 is 0. The van der Waals surface area contributed by atoms with Crippen molar-refractivity contribution in [1.82, 2.24) is 15.1 Å². The van der Waals surface area contributed by atoms with Crippen LogP contribution in [0.2, 0.25) is 0 Å². The quantitative estimate of drug-likeness (QED) is 0.666. The fraction of sp³-hybridized carbons (Fsp3) is 0.150. The van der Waals surface area contributed by atoms with Gasteiger partial charge in [-0.3, -0.25) is 9.59 Å². The van der Waals surface area contributed by atoms with E-state index in [9.17, 15) is 9.59 Å². The molecule has 0 saturated carbocycles. The molecule has 0 atom stereocenters.